The lowest BCUT2D eigenvalue weighted by molar-refractivity contribution is -0.132. The van der Waals surface area contributed by atoms with Gasteiger partial charge in [-0.2, -0.15) is 9.78 Å². The summed E-state index contributed by atoms with van der Waals surface area (Å²) in [5.41, 5.74) is 1.28. The number of fused-ring (bicyclic) bond motifs is 2. The fourth-order valence-electron chi connectivity index (χ4n) is 3.83. The van der Waals surface area contributed by atoms with Gasteiger partial charge in [-0.3, -0.25) is 9.59 Å². The van der Waals surface area contributed by atoms with Crippen LogP contribution >= 0.6 is 43.5 Å². The third-order valence-electron chi connectivity index (χ3n) is 5.47. The van der Waals surface area contributed by atoms with E-state index in [0.29, 0.717) is 54.1 Å². The highest BCUT2D eigenvalue weighted by molar-refractivity contribution is 9.13. The summed E-state index contributed by atoms with van der Waals surface area (Å²) in [6.45, 7) is 3.46. The lowest BCUT2D eigenvalue weighted by atomic mass is 10.2. The van der Waals surface area contributed by atoms with Gasteiger partial charge in [0.25, 0.3) is 5.56 Å². The molecular formula is C27H18Br2ClN3O5. The van der Waals surface area contributed by atoms with Crippen molar-refractivity contribution in [2.75, 3.05) is 6.61 Å². The van der Waals surface area contributed by atoms with Crippen LogP contribution in [-0.2, 0) is 4.79 Å². The maximum absolute atomic E-state index is 13.6. The predicted molar refractivity (Wildman–Crippen MR) is 154 cm³/mol. The number of carbonyl (C=O) groups excluding carboxylic acids is 1. The molecule has 0 fully saturated rings. The van der Waals surface area contributed by atoms with Gasteiger partial charge in [0.15, 0.2) is 17.3 Å². The van der Waals surface area contributed by atoms with Gasteiger partial charge in [-0.05, 0) is 81.2 Å². The van der Waals surface area contributed by atoms with Crippen LogP contribution in [0.15, 0.2) is 77.9 Å². The number of halogens is 3. The molecule has 0 unspecified atom stereocenters. The van der Waals surface area contributed by atoms with Crippen LogP contribution in [0, 0.1) is 0 Å². The molecule has 0 saturated heterocycles. The lowest BCUT2D eigenvalue weighted by Crippen LogP contribution is -2.20. The highest BCUT2D eigenvalue weighted by Gasteiger charge is 2.20. The Morgan fingerprint density at radius 1 is 1.16 bits per heavy atom. The molecular weight excluding hydrogens is 642 g/mol. The molecule has 5 aromatic rings. The molecule has 0 N–H and O–H groups in total. The number of para-hydroxylation sites is 1. The van der Waals surface area contributed by atoms with Gasteiger partial charge in [0.1, 0.15) is 5.58 Å². The molecule has 0 amide bonds. The minimum atomic E-state index is -0.495. The van der Waals surface area contributed by atoms with E-state index in [-0.39, 0.29) is 17.1 Å². The SMILES string of the molecule is CCOc1cc(C=Nn2c(-c3cc4cc(Cl)ccc4o3)nc3ccccc3c2=O)c(Br)c(Br)c1OC(C)=O. The van der Waals surface area contributed by atoms with E-state index in [4.69, 9.17) is 25.5 Å². The van der Waals surface area contributed by atoms with E-state index >= 15 is 0 Å². The molecule has 0 aliphatic rings. The molecule has 0 atom stereocenters. The molecule has 3 aromatic carbocycles. The normalized spacial score (nSPS) is 11.5. The largest absolute Gasteiger partial charge is 0.490 e. The zero-order valence-corrected chi connectivity index (χ0v) is 23.9. The fraction of sp³-hybridized carbons (Fsp3) is 0.111. The van der Waals surface area contributed by atoms with Gasteiger partial charge in [0.2, 0.25) is 5.82 Å². The van der Waals surface area contributed by atoms with Crippen molar-refractivity contribution in [3.63, 3.8) is 0 Å². The minimum absolute atomic E-state index is 0.217. The third-order valence-corrected chi connectivity index (χ3v) is 7.84. The highest BCUT2D eigenvalue weighted by Crippen LogP contribution is 2.42. The van der Waals surface area contributed by atoms with E-state index in [1.807, 2.05) is 6.92 Å². The van der Waals surface area contributed by atoms with Crippen molar-refractivity contribution in [3.05, 3.63) is 84.5 Å². The Morgan fingerprint density at radius 2 is 1.95 bits per heavy atom. The van der Waals surface area contributed by atoms with E-state index in [9.17, 15) is 9.59 Å². The van der Waals surface area contributed by atoms with Crippen molar-refractivity contribution >= 4 is 77.5 Å². The van der Waals surface area contributed by atoms with Gasteiger partial charge in [0.05, 0.1) is 28.2 Å². The first-order chi connectivity index (χ1) is 18.3. The third kappa shape index (κ3) is 4.99. The molecule has 38 heavy (non-hydrogen) atoms. The molecule has 2 heterocycles. The van der Waals surface area contributed by atoms with Crippen molar-refractivity contribution in [2.24, 2.45) is 5.10 Å². The smallest absolute Gasteiger partial charge is 0.308 e. The summed E-state index contributed by atoms with van der Waals surface area (Å²) in [7, 11) is 0. The Kier molecular flexibility index (Phi) is 7.38. The van der Waals surface area contributed by atoms with Crippen LogP contribution in [0.4, 0.5) is 0 Å². The molecule has 0 aliphatic heterocycles. The number of esters is 1. The number of benzene rings is 3. The van der Waals surface area contributed by atoms with Crippen LogP contribution in [-0.4, -0.2) is 28.5 Å². The second-order valence-electron chi connectivity index (χ2n) is 8.05. The standard InChI is InChI=1S/C27H18Br2ClN3O5/c1-3-36-21-12-16(23(28)24(29)25(21)37-14(2)34)13-31-33-26(32-19-7-5-4-6-18(19)27(33)35)22-11-15-10-17(30)8-9-20(15)38-22/h4-13H,3H2,1-2H3. The number of hydrogen-bond acceptors (Lipinski definition) is 7. The number of ether oxygens (including phenoxy) is 2. The topological polar surface area (TPSA) is 95.9 Å². The summed E-state index contributed by atoms with van der Waals surface area (Å²) < 4.78 is 19.2. The second kappa shape index (κ2) is 10.7. The van der Waals surface area contributed by atoms with Crippen LogP contribution in [0.1, 0.15) is 19.4 Å². The van der Waals surface area contributed by atoms with Gasteiger partial charge < -0.3 is 13.9 Å². The van der Waals surface area contributed by atoms with Gasteiger partial charge in [-0.15, -0.1) is 0 Å². The van der Waals surface area contributed by atoms with Crippen molar-refractivity contribution in [1.29, 1.82) is 0 Å². The molecule has 0 radical (unpaired) electrons. The van der Waals surface area contributed by atoms with Crippen LogP contribution < -0.4 is 15.0 Å². The lowest BCUT2D eigenvalue weighted by Gasteiger charge is -2.14. The number of aromatic nitrogens is 2. The quantitative estimate of drug-likeness (QED) is 0.109. The van der Waals surface area contributed by atoms with Crippen LogP contribution in [0.5, 0.6) is 11.5 Å². The average molecular weight is 660 g/mol. The predicted octanol–water partition coefficient (Wildman–Crippen LogP) is 7.19. The van der Waals surface area contributed by atoms with E-state index in [1.54, 1.807) is 54.6 Å². The molecule has 0 saturated carbocycles. The average Bonchev–Trinajstić information content (AvgIpc) is 3.31. The zero-order valence-electron chi connectivity index (χ0n) is 20.0. The fourth-order valence-corrected chi connectivity index (χ4v) is 4.92. The molecule has 5 rings (SSSR count). The van der Waals surface area contributed by atoms with E-state index < -0.39 is 5.97 Å². The van der Waals surface area contributed by atoms with Gasteiger partial charge >= 0.3 is 5.97 Å². The van der Waals surface area contributed by atoms with Gasteiger partial charge in [-0.25, -0.2) is 4.98 Å². The van der Waals surface area contributed by atoms with Crippen molar-refractivity contribution in [2.45, 2.75) is 13.8 Å². The Hall–Kier alpha value is -3.47. The second-order valence-corrected chi connectivity index (χ2v) is 10.1. The summed E-state index contributed by atoms with van der Waals surface area (Å²) in [4.78, 5) is 29.9. The number of carbonyl (C=O) groups is 1. The summed E-state index contributed by atoms with van der Waals surface area (Å²) in [6, 6.07) is 15.7. The molecule has 192 valence electrons. The first-order valence-electron chi connectivity index (χ1n) is 11.4. The van der Waals surface area contributed by atoms with Crippen molar-refractivity contribution in [1.82, 2.24) is 9.66 Å². The molecule has 2 aromatic heterocycles. The molecule has 11 heteroatoms. The maximum Gasteiger partial charge on any atom is 0.308 e. The number of furan rings is 1. The summed E-state index contributed by atoms with van der Waals surface area (Å²) in [5, 5.41) is 6.22. The van der Waals surface area contributed by atoms with Crippen molar-refractivity contribution < 1.29 is 18.7 Å². The number of rotatable bonds is 6. The Bertz CT molecular complexity index is 1810. The highest BCUT2D eigenvalue weighted by atomic mass is 79.9. The number of hydrogen-bond donors (Lipinski definition) is 0. The van der Waals surface area contributed by atoms with E-state index in [2.05, 4.69) is 41.9 Å². The maximum atomic E-state index is 13.6. The first-order valence-corrected chi connectivity index (χ1v) is 13.3. The zero-order chi connectivity index (χ0) is 27.0. The van der Waals surface area contributed by atoms with Crippen LogP contribution in [0.2, 0.25) is 5.02 Å². The summed E-state index contributed by atoms with van der Waals surface area (Å²) in [6.07, 6.45) is 1.48. The summed E-state index contributed by atoms with van der Waals surface area (Å²) >= 11 is 13.1. The summed E-state index contributed by atoms with van der Waals surface area (Å²) in [5.74, 6) is 0.634. The van der Waals surface area contributed by atoms with Crippen LogP contribution in [0.3, 0.4) is 0 Å². The first kappa shape index (κ1) is 26.1. The van der Waals surface area contributed by atoms with Gasteiger partial charge in [0, 0.05) is 27.4 Å². The molecule has 8 nitrogen and oxygen atoms in total. The Morgan fingerprint density at radius 3 is 2.71 bits per heavy atom. The van der Waals surface area contributed by atoms with E-state index in [1.165, 1.54) is 17.8 Å². The van der Waals surface area contributed by atoms with Crippen molar-refractivity contribution in [3.8, 4) is 23.1 Å². The Labute approximate surface area is 238 Å². The number of nitrogens with zero attached hydrogens (tertiary/aromatic N) is 3. The molecule has 0 bridgehead atoms. The Balaban J connectivity index is 1.70. The van der Waals surface area contributed by atoms with Crippen LogP contribution in [0.25, 0.3) is 33.5 Å². The molecule has 0 spiro atoms. The molecule has 0 aliphatic carbocycles. The minimum Gasteiger partial charge on any atom is -0.490 e. The monoisotopic (exact) mass is 657 g/mol. The van der Waals surface area contributed by atoms with E-state index in [0.717, 1.165) is 5.39 Å². The van der Waals surface area contributed by atoms with Gasteiger partial charge in [-0.1, -0.05) is 23.7 Å².